The number of rotatable bonds is 3. The Morgan fingerprint density at radius 2 is 1.90 bits per heavy atom. The summed E-state index contributed by atoms with van der Waals surface area (Å²) in [6, 6.07) is 5.95. The number of amides is 2. The van der Waals surface area contributed by atoms with Gasteiger partial charge in [-0.25, -0.2) is 4.79 Å². The number of benzene rings is 1. The lowest BCUT2D eigenvalue weighted by Gasteiger charge is -2.26. The van der Waals surface area contributed by atoms with Crippen LogP contribution in [0.15, 0.2) is 18.2 Å². The van der Waals surface area contributed by atoms with Crippen molar-refractivity contribution >= 4 is 17.4 Å². The maximum Gasteiger partial charge on any atom is 0.319 e. The number of aliphatic hydroxyl groups is 1. The van der Waals surface area contributed by atoms with Crippen molar-refractivity contribution in [2.75, 3.05) is 24.3 Å². The standard InChI is InChI=1S/C16H25N3O2/c1-11-10-13(19(2)3)6-9-15(11)18-16(21)17-12-4-7-14(20)8-5-12/h6,9-10,12,14,20H,4-5,7-8H2,1-3H3,(H2,17,18,21). The predicted molar refractivity (Wildman–Crippen MR) is 85.9 cm³/mol. The van der Waals surface area contributed by atoms with E-state index in [9.17, 15) is 9.90 Å². The van der Waals surface area contributed by atoms with E-state index in [0.717, 1.165) is 42.6 Å². The number of carbonyl (C=O) groups excluding carboxylic acids is 1. The number of hydrogen-bond acceptors (Lipinski definition) is 3. The van der Waals surface area contributed by atoms with Crippen molar-refractivity contribution in [1.29, 1.82) is 0 Å². The molecule has 1 saturated carbocycles. The Morgan fingerprint density at radius 1 is 1.24 bits per heavy atom. The Balaban J connectivity index is 1.90. The molecule has 0 radical (unpaired) electrons. The van der Waals surface area contributed by atoms with Crippen LogP contribution in [0.5, 0.6) is 0 Å². The molecule has 1 aromatic carbocycles. The van der Waals surface area contributed by atoms with E-state index < -0.39 is 0 Å². The molecule has 0 saturated heterocycles. The van der Waals surface area contributed by atoms with E-state index in [1.807, 2.05) is 44.1 Å². The fourth-order valence-corrected chi connectivity index (χ4v) is 2.63. The fourth-order valence-electron chi connectivity index (χ4n) is 2.63. The first-order valence-corrected chi connectivity index (χ1v) is 7.49. The van der Waals surface area contributed by atoms with Crippen LogP contribution in [0.4, 0.5) is 16.2 Å². The normalized spacial score (nSPS) is 21.7. The first-order chi connectivity index (χ1) is 9.95. The first kappa shape index (κ1) is 15.6. The molecule has 1 aliphatic rings. The van der Waals surface area contributed by atoms with E-state index >= 15 is 0 Å². The van der Waals surface area contributed by atoms with Gasteiger partial charge in [0.2, 0.25) is 0 Å². The van der Waals surface area contributed by atoms with Gasteiger partial charge in [-0.2, -0.15) is 0 Å². The molecule has 3 N–H and O–H groups in total. The summed E-state index contributed by atoms with van der Waals surface area (Å²) in [5.74, 6) is 0. The molecule has 0 heterocycles. The Labute approximate surface area is 126 Å². The van der Waals surface area contributed by atoms with Crippen LogP contribution in [-0.2, 0) is 0 Å². The highest BCUT2D eigenvalue weighted by atomic mass is 16.3. The van der Waals surface area contributed by atoms with E-state index in [1.54, 1.807) is 0 Å². The van der Waals surface area contributed by atoms with Crippen LogP contribution < -0.4 is 15.5 Å². The predicted octanol–water partition coefficient (Wildman–Crippen LogP) is 2.49. The van der Waals surface area contributed by atoms with Crippen molar-refractivity contribution in [3.05, 3.63) is 23.8 Å². The third kappa shape index (κ3) is 4.36. The van der Waals surface area contributed by atoms with Crippen LogP contribution in [0, 0.1) is 6.92 Å². The molecule has 0 aromatic heterocycles. The Kier molecular flexibility index (Phi) is 5.07. The summed E-state index contributed by atoms with van der Waals surface area (Å²) >= 11 is 0. The number of aryl methyl sites for hydroxylation is 1. The summed E-state index contributed by atoms with van der Waals surface area (Å²) in [7, 11) is 3.98. The first-order valence-electron chi connectivity index (χ1n) is 7.49. The Hall–Kier alpha value is -1.75. The van der Waals surface area contributed by atoms with Gasteiger partial charge in [-0.1, -0.05) is 0 Å². The number of hydrogen-bond donors (Lipinski definition) is 3. The zero-order valence-electron chi connectivity index (χ0n) is 13.0. The maximum absolute atomic E-state index is 12.0. The smallest absolute Gasteiger partial charge is 0.319 e. The Bertz CT molecular complexity index is 494. The monoisotopic (exact) mass is 291 g/mol. The minimum Gasteiger partial charge on any atom is -0.393 e. The van der Waals surface area contributed by atoms with E-state index in [-0.39, 0.29) is 18.2 Å². The molecule has 0 aliphatic heterocycles. The Morgan fingerprint density at radius 3 is 2.48 bits per heavy atom. The molecule has 1 aliphatic carbocycles. The van der Waals surface area contributed by atoms with Crippen LogP contribution >= 0.6 is 0 Å². The molecule has 21 heavy (non-hydrogen) atoms. The maximum atomic E-state index is 12.0. The molecule has 1 aromatic rings. The molecule has 1 fully saturated rings. The molecule has 0 unspecified atom stereocenters. The van der Waals surface area contributed by atoms with Gasteiger partial charge in [-0.05, 0) is 56.4 Å². The van der Waals surface area contributed by atoms with Crippen molar-refractivity contribution in [2.45, 2.75) is 44.8 Å². The number of aliphatic hydroxyl groups excluding tert-OH is 1. The highest BCUT2D eigenvalue weighted by Crippen LogP contribution is 2.22. The minimum atomic E-state index is -0.202. The van der Waals surface area contributed by atoms with Gasteiger partial charge >= 0.3 is 6.03 Å². The van der Waals surface area contributed by atoms with Gasteiger partial charge < -0.3 is 20.6 Å². The lowest BCUT2D eigenvalue weighted by molar-refractivity contribution is 0.118. The van der Waals surface area contributed by atoms with Crippen molar-refractivity contribution in [2.24, 2.45) is 0 Å². The van der Waals surface area contributed by atoms with Gasteiger partial charge in [0, 0.05) is 31.5 Å². The second-order valence-corrected chi connectivity index (χ2v) is 6.00. The van der Waals surface area contributed by atoms with Gasteiger partial charge in [0.15, 0.2) is 0 Å². The summed E-state index contributed by atoms with van der Waals surface area (Å²) in [6.07, 6.45) is 3.01. The fraction of sp³-hybridized carbons (Fsp3) is 0.562. The van der Waals surface area contributed by atoms with Gasteiger partial charge in [-0.3, -0.25) is 0 Å². The zero-order valence-corrected chi connectivity index (χ0v) is 13.0. The van der Waals surface area contributed by atoms with Crippen LogP contribution in [0.2, 0.25) is 0 Å². The third-order valence-electron chi connectivity index (χ3n) is 4.01. The van der Waals surface area contributed by atoms with Crippen molar-refractivity contribution < 1.29 is 9.90 Å². The number of nitrogens with zero attached hydrogens (tertiary/aromatic N) is 1. The zero-order chi connectivity index (χ0) is 15.4. The highest BCUT2D eigenvalue weighted by molar-refractivity contribution is 5.90. The van der Waals surface area contributed by atoms with E-state index in [1.165, 1.54) is 0 Å². The molecule has 116 valence electrons. The molecular weight excluding hydrogens is 266 g/mol. The van der Waals surface area contributed by atoms with Crippen LogP contribution in [0.3, 0.4) is 0 Å². The molecule has 5 nitrogen and oxygen atoms in total. The largest absolute Gasteiger partial charge is 0.393 e. The highest BCUT2D eigenvalue weighted by Gasteiger charge is 2.20. The van der Waals surface area contributed by atoms with Crippen LogP contribution in [0.1, 0.15) is 31.2 Å². The SMILES string of the molecule is Cc1cc(N(C)C)ccc1NC(=O)NC1CCC(O)CC1. The summed E-state index contributed by atoms with van der Waals surface area (Å²) in [6.45, 7) is 1.99. The topological polar surface area (TPSA) is 64.6 Å². The number of carbonyl (C=O) groups is 1. The van der Waals surface area contributed by atoms with Gasteiger partial charge in [0.1, 0.15) is 0 Å². The average Bonchev–Trinajstić information content (AvgIpc) is 2.43. The molecule has 2 amide bonds. The van der Waals surface area contributed by atoms with Crippen LogP contribution in [0.25, 0.3) is 0 Å². The number of urea groups is 1. The van der Waals surface area contributed by atoms with Gasteiger partial charge in [-0.15, -0.1) is 0 Å². The minimum absolute atomic E-state index is 0.162. The quantitative estimate of drug-likeness (QED) is 0.801. The summed E-state index contributed by atoms with van der Waals surface area (Å²) in [4.78, 5) is 14.1. The average molecular weight is 291 g/mol. The summed E-state index contributed by atoms with van der Waals surface area (Å²) < 4.78 is 0. The molecule has 0 spiro atoms. The summed E-state index contributed by atoms with van der Waals surface area (Å²) in [5, 5.41) is 15.4. The molecule has 5 heteroatoms. The van der Waals surface area contributed by atoms with E-state index in [0.29, 0.717) is 0 Å². The number of nitrogens with one attached hydrogen (secondary N) is 2. The second-order valence-electron chi connectivity index (χ2n) is 6.00. The third-order valence-corrected chi connectivity index (χ3v) is 4.01. The lowest BCUT2D eigenvalue weighted by atomic mass is 9.93. The van der Waals surface area contributed by atoms with Gasteiger partial charge in [0.05, 0.1) is 6.10 Å². The van der Waals surface area contributed by atoms with E-state index in [4.69, 9.17) is 0 Å². The van der Waals surface area contributed by atoms with E-state index in [2.05, 4.69) is 10.6 Å². The lowest BCUT2D eigenvalue weighted by Crippen LogP contribution is -2.41. The van der Waals surface area contributed by atoms with Crippen molar-refractivity contribution in [3.8, 4) is 0 Å². The van der Waals surface area contributed by atoms with Crippen molar-refractivity contribution in [1.82, 2.24) is 5.32 Å². The second kappa shape index (κ2) is 6.80. The number of anilines is 2. The molecular formula is C16H25N3O2. The van der Waals surface area contributed by atoms with Gasteiger partial charge in [0.25, 0.3) is 0 Å². The summed E-state index contributed by atoms with van der Waals surface area (Å²) in [5.41, 5.74) is 2.98. The molecule has 2 rings (SSSR count). The molecule has 0 bridgehead atoms. The molecule has 0 atom stereocenters. The van der Waals surface area contributed by atoms with Crippen molar-refractivity contribution in [3.63, 3.8) is 0 Å². The van der Waals surface area contributed by atoms with Crippen LogP contribution in [-0.4, -0.2) is 37.4 Å².